The summed E-state index contributed by atoms with van der Waals surface area (Å²) in [5.41, 5.74) is 0. The standard InChI is InChI=1S/C13H23N3O3/c1-9-11(12(17)18)5-7-16(9)13(19)15-6-4-10(8-15)14(2)3/h9-11H,4-8H2,1-3H3,(H,17,18). The van der Waals surface area contributed by atoms with Crippen LogP contribution >= 0.6 is 0 Å². The molecule has 0 radical (unpaired) electrons. The van der Waals surface area contributed by atoms with Crippen LogP contribution in [0.1, 0.15) is 19.8 Å². The largest absolute Gasteiger partial charge is 0.481 e. The number of carbonyl (C=O) groups is 2. The molecule has 2 rings (SSSR count). The van der Waals surface area contributed by atoms with Crippen molar-refractivity contribution < 1.29 is 14.7 Å². The summed E-state index contributed by atoms with van der Waals surface area (Å²) in [7, 11) is 4.05. The van der Waals surface area contributed by atoms with Crippen molar-refractivity contribution in [2.45, 2.75) is 31.8 Å². The third kappa shape index (κ3) is 2.68. The van der Waals surface area contributed by atoms with Crippen LogP contribution in [0.4, 0.5) is 4.79 Å². The van der Waals surface area contributed by atoms with Crippen LogP contribution in [0.2, 0.25) is 0 Å². The van der Waals surface area contributed by atoms with E-state index >= 15 is 0 Å². The minimum atomic E-state index is -0.796. The number of carboxylic acid groups (broad SMARTS) is 1. The van der Waals surface area contributed by atoms with Crippen molar-refractivity contribution in [3.05, 3.63) is 0 Å². The minimum Gasteiger partial charge on any atom is -0.481 e. The number of likely N-dealkylation sites (N-methyl/N-ethyl adjacent to an activating group) is 1. The van der Waals surface area contributed by atoms with Crippen LogP contribution < -0.4 is 0 Å². The Bertz CT molecular complexity index is 372. The molecule has 2 fully saturated rings. The Morgan fingerprint density at radius 1 is 1.21 bits per heavy atom. The number of likely N-dealkylation sites (tertiary alicyclic amines) is 2. The fraction of sp³-hybridized carbons (Fsp3) is 0.846. The van der Waals surface area contributed by atoms with Crippen molar-refractivity contribution in [1.29, 1.82) is 0 Å². The first-order valence-corrected chi connectivity index (χ1v) is 6.86. The molecule has 2 amide bonds. The van der Waals surface area contributed by atoms with E-state index in [4.69, 9.17) is 5.11 Å². The van der Waals surface area contributed by atoms with Gasteiger partial charge < -0.3 is 19.8 Å². The third-order valence-corrected chi connectivity index (χ3v) is 4.48. The van der Waals surface area contributed by atoms with Gasteiger partial charge in [0.2, 0.25) is 0 Å². The van der Waals surface area contributed by atoms with Gasteiger partial charge in [-0.3, -0.25) is 4.79 Å². The van der Waals surface area contributed by atoms with Crippen LogP contribution in [0.5, 0.6) is 0 Å². The van der Waals surface area contributed by atoms with Gasteiger partial charge in [0.25, 0.3) is 0 Å². The number of rotatable bonds is 2. The monoisotopic (exact) mass is 269 g/mol. The molecule has 0 aromatic carbocycles. The Hall–Kier alpha value is -1.30. The lowest BCUT2D eigenvalue weighted by atomic mass is 10.0. The zero-order chi connectivity index (χ0) is 14.2. The lowest BCUT2D eigenvalue weighted by Gasteiger charge is -2.29. The smallest absolute Gasteiger partial charge is 0.320 e. The molecule has 0 aliphatic carbocycles. The van der Waals surface area contributed by atoms with E-state index in [1.165, 1.54) is 0 Å². The van der Waals surface area contributed by atoms with E-state index in [9.17, 15) is 9.59 Å². The molecule has 1 N–H and O–H groups in total. The lowest BCUT2D eigenvalue weighted by molar-refractivity contribution is -0.142. The highest BCUT2D eigenvalue weighted by atomic mass is 16.4. The first-order chi connectivity index (χ1) is 8.91. The Morgan fingerprint density at radius 2 is 1.89 bits per heavy atom. The number of hydrogen-bond donors (Lipinski definition) is 1. The summed E-state index contributed by atoms with van der Waals surface area (Å²) in [6.07, 6.45) is 1.55. The number of carbonyl (C=O) groups excluding carboxylic acids is 1. The van der Waals surface area contributed by atoms with Crippen LogP contribution in [0.25, 0.3) is 0 Å². The van der Waals surface area contributed by atoms with Gasteiger partial charge in [-0.2, -0.15) is 0 Å². The highest BCUT2D eigenvalue weighted by Gasteiger charge is 2.41. The quantitative estimate of drug-likeness (QED) is 0.794. The minimum absolute atomic E-state index is 0.000556. The molecule has 3 atom stereocenters. The second-order valence-electron chi connectivity index (χ2n) is 5.80. The van der Waals surface area contributed by atoms with Crippen LogP contribution in [-0.2, 0) is 4.79 Å². The van der Waals surface area contributed by atoms with Crippen LogP contribution in [0, 0.1) is 5.92 Å². The highest BCUT2D eigenvalue weighted by Crippen LogP contribution is 2.26. The van der Waals surface area contributed by atoms with Gasteiger partial charge >= 0.3 is 12.0 Å². The predicted octanol–water partition coefficient (Wildman–Crippen LogP) is 0.537. The summed E-state index contributed by atoms with van der Waals surface area (Å²) in [5, 5.41) is 9.11. The fourth-order valence-corrected chi connectivity index (χ4v) is 3.06. The highest BCUT2D eigenvalue weighted by molar-refractivity contribution is 5.78. The molecule has 0 saturated carbocycles. The molecule has 2 heterocycles. The van der Waals surface area contributed by atoms with Crippen molar-refractivity contribution >= 4 is 12.0 Å². The Labute approximate surface area is 114 Å². The average Bonchev–Trinajstić information content (AvgIpc) is 2.94. The summed E-state index contributed by atoms with van der Waals surface area (Å²) in [4.78, 5) is 29.2. The molecule has 6 nitrogen and oxygen atoms in total. The van der Waals surface area contributed by atoms with E-state index in [-0.39, 0.29) is 12.1 Å². The summed E-state index contributed by atoms with van der Waals surface area (Å²) in [6, 6.07) is 0.209. The van der Waals surface area contributed by atoms with Crippen molar-refractivity contribution in [2.75, 3.05) is 33.7 Å². The SMILES string of the molecule is CC1C(C(=O)O)CCN1C(=O)N1CCC(N(C)C)C1. The van der Waals surface area contributed by atoms with Gasteiger partial charge in [0.15, 0.2) is 0 Å². The van der Waals surface area contributed by atoms with Crippen molar-refractivity contribution in [2.24, 2.45) is 5.92 Å². The molecular formula is C13H23N3O3. The van der Waals surface area contributed by atoms with Gasteiger partial charge in [-0.1, -0.05) is 0 Å². The molecule has 6 heteroatoms. The molecule has 3 unspecified atom stereocenters. The maximum Gasteiger partial charge on any atom is 0.320 e. The summed E-state index contributed by atoms with van der Waals surface area (Å²) in [6.45, 7) is 3.90. The Balaban J connectivity index is 1.96. The summed E-state index contributed by atoms with van der Waals surface area (Å²) in [5.74, 6) is -1.22. The van der Waals surface area contributed by atoms with Gasteiger partial charge in [0.05, 0.1) is 5.92 Å². The number of hydrogen-bond acceptors (Lipinski definition) is 3. The van der Waals surface area contributed by atoms with E-state index in [1.54, 1.807) is 4.90 Å². The van der Waals surface area contributed by atoms with Crippen LogP contribution in [0.3, 0.4) is 0 Å². The number of aliphatic carboxylic acids is 1. The molecule has 0 bridgehead atoms. The van der Waals surface area contributed by atoms with Gasteiger partial charge in [-0.05, 0) is 33.9 Å². The first kappa shape index (κ1) is 14.1. The number of amides is 2. The maximum absolute atomic E-state index is 12.4. The lowest BCUT2D eigenvalue weighted by Crippen LogP contribution is -2.46. The maximum atomic E-state index is 12.4. The molecule has 2 aliphatic rings. The van der Waals surface area contributed by atoms with Gasteiger partial charge in [-0.25, -0.2) is 4.79 Å². The Kier molecular flexibility index (Phi) is 3.99. The molecule has 19 heavy (non-hydrogen) atoms. The van der Waals surface area contributed by atoms with Gasteiger partial charge in [-0.15, -0.1) is 0 Å². The van der Waals surface area contributed by atoms with Crippen molar-refractivity contribution in [3.8, 4) is 0 Å². The predicted molar refractivity (Wildman–Crippen MR) is 71.0 cm³/mol. The van der Waals surface area contributed by atoms with Gasteiger partial charge in [0.1, 0.15) is 0 Å². The number of carboxylic acids is 1. The van der Waals surface area contributed by atoms with E-state index in [1.807, 2.05) is 25.9 Å². The van der Waals surface area contributed by atoms with Gasteiger partial charge in [0, 0.05) is 31.7 Å². The molecule has 0 aromatic heterocycles. The number of nitrogens with zero attached hydrogens (tertiary/aromatic N) is 3. The topological polar surface area (TPSA) is 64.1 Å². The Morgan fingerprint density at radius 3 is 2.37 bits per heavy atom. The second kappa shape index (κ2) is 5.36. The molecule has 108 valence electrons. The average molecular weight is 269 g/mol. The molecule has 0 aromatic rings. The van der Waals surface area contributed by atoms with E-state index < -0.39 is 11.9 Å². The van der Waals surface area contributed by atoms with E-state index in [0.29, 0.717) is 19.0 Å². The van der Waals surface area contributed by atoms with E-state index in [2.05, 4.69) is 4.90 Å². The normalized spacial score (nSPS) is 31.3. The van der Waals surface area contributed by atoms with Crippen molar-refractivity contribution in [1.82, 2.24) is 14.7 Å². The zero-order valence-corrected chi connectivity index (χ0v) is 11.9. The van der Waals surface area contributed by atoms with Crippen molar-refractivity contribution in [3.63, 3.8) is 0 Å². The summed E-state index contributed by atoms with van der Waals surface area (Å²) >= 11 is 0. The fourth-order valence-electron chi connectivity index (χ4n) is 3.06. The molecule has 2 saturated heterocycles. The second-order valence-corrected chi connectivity index (χ2v) is 5.80. The molecular weight excluding hydrogens is 246 g/mol. The van der Waals surface area contributed by atoms with Crippen LogP contribution in [0.15, 0.2) is 0 Å². The van der Waals surface area contributed by atoms with Crippen LogP contribution in [-0.4, -0.2) is 77.6 Å². The molecule has 2 aliphatic heterocycles. The third-order valence-electron chi connectivity index (χ3n) is 4.48. The number of urea groups is 1. The zero-order valence-electron chi connectivity index (χ0n) is 11.9. The summed E-state index contributed by atoms with van der Waals surface area (Å²) < 4.78 is 0. The first-order valence-electron chi connectivity index (χ1n) is 6.86. The molecule has 0 spiro atoms. The van der Waals surface area contributed by atoms with E-state index in [0.717, 1.165) is 19.5 Å².